The summed E-state index contributed by atoms with van der Waals surface area (Å²) in [6.45, 7) is 4.71. The first-order valence-electron chi connectivity index (χ1n) is 9.35. The molecular formula is C22H21NO5S. The highest BCUT2D eigenvalue weighted by Gasteiger charge is 2.41. The van der Waals surface area contributed by atoms with E-state index in [0.29, 0.717) is 46.6 Å². The van der Waals surface area contributed by atoms with Gasteiger partial charge in [0.05, 0.1) is 22.8 Å². The Hall–Kier alpha value is -2.77. The van der Waals surface area contributed by atoms with Gasteiger partial charge in [-0.2, -0.15) is 0 Å². The Morgan fingerprint density at radius 1 is 1.00 bits per heavy atom. The van der Waals surface area contributed by atoms with Gasteiger partial charge in [0, 0.05) is 11.8 Å². The third kappa shape index (κ3) is 3.52. The number of thioether (sulfide) groups is 1. The van der Waals surface area contributed by atoms with Crippen molar-refractivity contribution in [3.05, 3.63) is 58.0 Å². The van der Waals surface area contributed by atoms with Gasteiger partial charge in [-0.3, -0.25) is 9.59 Å². The number of carbonyl (C=O) groups is 2. The van der Waals surface area contributed by atoms with Crippen LogP contribution in [0.2, 0.25) is 0 Å². The van der Waals surface area contributed by atoms with Gasteiger partial charge in [0.15, 0.2) is 11.5 Å². The van der Waals surface area contributed by atoms with Gasteiger partial charge < -0.3 is 14.6 Å². The van der Waals surface area contributed by atoms with Gasteiger partial charge >= 0.3 is 0 Å². The van der Waals surface area contributed by atoms with Crippen molar-refractivity contribution in [2.75, 3.05) is 30.5 Å². The predicted molar refractivity (Wildman–Crippen MR) is 112 cm³/mol. The lowest BCUT2D eigenvalue weighted by Gasteiger charge is -2.21. The summed E-state index contributed by atoms with van der Waals surface area (Å²) in [5.41, 5.74) is 3.55. The molecule has 0 fully saturated rings. The average Bonchev–Trinajstić information content (AvgIpc) is 2.95. The molecule has 0 saturated carbocycles. The largest absolute Gasteiger partial charge is 0.486 e. The predicted octanol–water partition coefficient (Wildman–Crippen LogP) is 3.08. The first-order valence-corrected chi connectivity index (χ1v) is 10.3. The molecule has 4 rings (SSSR count). The number of ether oxygens (including phenoxy) is 2. The number of nitrogens with zero attached hydrogens (tertiary/aromatic N) is 1. The zero-order chi connectivity index (χ0) is 20.5. The second kappa shape index (κ2) is 7.93. The van der Waals surface area contributed by atoms with Gasteiger partial charge in [0.2, 0.25) is 0 Å². The highest BCUT2D eigenvalue weighted by molar-refractivity contribution is 8.04. The molecule has 0 aliphatic carbocycles. The van der Waals surface area contributed by atoms with Crippen LogP contribution in [0.1, 0.15) is 16.7 Å². The number of hydrogen-bond donors (Lipinski definition) is 1. The van der Waals surface area contributed by atoms with Crippen molar-refractivity contribution in [2.24, 2.45) is 0 Å². The van der Waals surface area contributed by atoms with Gasteiger partial charge in [0.1, 0.15) is 13.2 Å². The van der Waals surface area contributed by atoms with E-state index in [9.17, 15) is 14.7 Å². The molecule has 0 bridgehead atoms. The Balaban J connectivity index is 1.78. The van der Waals surface area contributed by atoms with E-state index in [4.69, 9.17) is 9.47 Å². The zero-order valence-electron chi connectivity index (χ0n) is 16.2. The van der Waals surface area contributed by atoms with E-state index in [0.717, 1.165) is 16.7 Å². The molecule has 2 aromatic rings. The van der Waals surface area contributed by atoms with Crippen molar-refractivity contribution < 1.29 is 24.2 Å². The minimum atomic E-state index is -0.389. The van der Waals surface area contributed by atoms with Crippen LogP contribution in [0.4, 0.5) is 5.69 Å². The summed E-state index contributed by atoms with van der Waals surface area (Å²) in [6, 6.07) is 10.8. The Labute approximate surface area is 173 Å². The molecule has 7 heteroatoms. The van der Waals surface area contributed by atoms with Crippen molar-refractivity contribution in [3.8, 4) is 11.5 Å². The summed E-state index contributed by atoms with van der Waals surface area (Å²) in [5.74, 6) is 0.673. The van der Waals surface area contributed by atoms with Gasteiger partial charge in [-0.15, -0.1) is 11.8 Å². The van der Waals surface area contributed by atoms with Crippen LogP contribution in [-0.4, -0.2) is 42.5 Å². The summed E-state index contributed by atoms with van der Waals surface area (Å²) in [6.07, 6.45) is 0. The van der Waals surface area contributed by atoms with Crippen LogP contribution in [0.15, 0.2) is 41.3 Å². The van der Waals surface area contributed by atoms with Gasteiger partial charge in [0.25, 0.3) is 11.8 Å². The van der Waals surface area contributed by atoms with Crippen LogP contribution in [0, 0.1) is 13.8 Å². The maximum atomic E-state index is 13.4. The summed E-state index contributed by atoms with van der Waals surface area (Å²) in [4.78, 5) is 28.1. The second-order valence-electron chi connectivity index (χ2n) is 6.87. The number of rotatable bonds is 5. The first kappa shape index (κ1) is 19.5. The molecule has 2 amide bonds. The second-order valence-corrected chi connectivity index (χ2v) is 7.97. The van der Waals surface area contributed by atoms with E-state index in [2.05, 4.69) is 0 Å². The minimum absolute atomic E-state index is 0.0835. The number of hydrogen-bond acceptors (Lipinski definition) is 6. The number of aliphatic hydroxyl groups excluding tert-OH is 1. The maximum Gasteiger partial charge on any atom is 0.272 e. The normalized spacial score (nSPS) is 16.0. The Morgan fingerprint density at radius 2 is 1.76 bits per heavy atom. The third-order valence-corrected chi connectivity index (χ3v) is 5.87. The number of fused-ring (bicyclic) bond motifs is 1. The fourth-order valence-corrected chi connectivity index (χ4v) is 4.38. The topological polar surface area (TPSA) is 76.1 Å². The van der Waals surface area contributed by atoms with Gasteiger partial charge in [-0.1, -0.05) is 23.8 Å². The smallest absolute Gasteiger partial charge is 0.272 e. The SMILES string of the molecule is Cc1ccc(C2=C(SCCO)C(=O)N(c3ccc4c(c3)OCCO4)C2=O)c(C)c1. The van der Waals surface area contributed by atoms with E-state index in [1.54, 1.807) is 18.2 Å². The summed E-state index contributed by atoms with van der Waals surface area (Å²) in [7, 11) is 0. The Morgan fingerprint density at radius 3 is 2.48 bits per heavy atom. The first-order chi connectivity index (χ1) is 14.0. The number of anilines is 1. The number of imide groups is 1. The van der Waals surface area contributed by atoms with E-state index in [-0.39, 0.29) is 18.4 Å². The van der Waals surface area contributed by atoms with Crippen LogP contribution in [0.5, 0.6) is 11.5 Å². The molecule has 0 unspecified atom stereocenters. The van der Waals surface area contributed by atoms with Crippen LogP contribution < -0.4 is 14.4 Å². The molecule has 0 spiro atoms. The molecule has 2 aliphatic rings. The number of aryl methyl sites for hydroxylation is 2. The monoisotopic (exact) mass is 411 g/mol. The third-order valence-electron chi connectivity index (χ3n) is 4.81. The molecule has 150 valence electrons. The van der Waals surface area contributed by atoms with Crippen molar-refractivity contribution >= 4 is 34.8 Å². The molecule has 1 N–H and O–H groups in total. The van der Waals surface area contributed by atoms with Crippen molar-refractivity contribution in [2.45, 2.75) is 13.8 Å². The average molecular weight is 411 g/mol. The standard InChI is InChI=1S/C22H21NO5S/c1-13-3-5-16(14(2)11-13)19-20(29-10-7-24)22(26)23(21(19)25)15-4-6-17-18(12-15)28-9-8-27-17/h3-6,11-12,24H,7-10H2,1-2H3. The highest BCUT2D eigenvalue weighted by Crippen LogP contribution is 2.41. The molecule has 2 heterocycles. The van der Waals surface area contributed by atoms with Crippen LogP contribution >= 0.6 is 11.8 Å². The highest BCUT2D eigenvalue weighted by atomic mass is 32.2. The molecule has 29 heavy (non-hydrogen) atoms. The molecule has 0 aromatic heterocycles. The Kier molecular flexibility index (Phi) is 5.34. The lowest BCUT2D eigenvalue weighted by molar-refractivity contribution is -0.119. The number of benzene rings is 2. The zero-order valence-corrected chi connectivity index (χ0v) is 17.0. The summed E-state index contributed by atoms with van der Waals surface area (Å²) < 4.78 is 11.1. The quantitative estimate of drug-likeness (QED) is 0.762. The van der Waals surface area contributed by atoms with Gasteiger partial charge in [-0.25, -0.2) is 4.90 Å². The maximum absolute atomic E-state index is 13.4. The fraction of sp³-hybridized carbons (Fsp3) is 0.273. The van der Waals surface area contributed by atoms with E-state index >= 15 is 0 Å². The number of carbonyl (C=O) groups excluding carboxylic acids is 2. The van der Waals surface area contributed by atoms with Crippen molar-refractivity contribution in [1.82, 2.24) is 0 Å². The van der Waals surface area contributed by atoms with E-state index in [1.807, 2.05) is 32.0 Å². The number of amides is 2. The molecular weight excluding hydrogens is 390 g/mol. The van der Waals surface area contributed by atoms with Gasteiger partial charge in [-0.05, 0) is 37.1 Å². The van der Waals surface area contributed by atoms with Crippen molar-refractivity contribution in [1.29, 1.82) is 0 Å². The molecule has 0 radical (unpaired) electrons. The minimum Gasteiger partial charge on any atom is -0.486 e. The fourth-order valence-electron chi connectivity index (χ4n) is 3.53. The number of aliphatic hydroxyl groups is 1. The lowest BCUT2D eigenvalue weighted by atomic mass is 9.99. The van der Waals surface area contributed by atoms with Crippen LogP contribution in [0.25, 0.3) is 5.57 Å². The summed E-state index contributed by atoms with van der Waals surface area (Å²) >= 11 is 1.20. The van der Waals surface area contributed by atoms with Crippen LogP contribution in [-0.2, 0) is 9.59 Å². The molecule has 6 nitrogen and oxygen atoms in total. The van der Waals surface area contributed by atoms with E-state index in [1.165, 1.54) is 16.7 Å². The van der Waals surface area contributed by atoms with Crippen molar-refractivity contribution in [3.63, 3.8) is 0 Å². The van der Waals surface area contributed by atoms with E-state index < -0.39 is 0 Å². The molecule has 2 aromatic carbocycles. The van der Waals surface area contributed by atoms with Crippen LogP contribution in [0.3, 0.4) is 0 Å². The Bertz CT molecular complexity index is 1030. The molecule has 2 aliphatic heterocycles. The summed E-state index contributed by atoms with van der Waals surface area (Å²) in [5, 5.41) is 9.26. The molecule has 0 saturated heterocycles. The molecule has 0 atom stereocenters. The lowest BCUT2D eigenvalue weighted by Crippen LogP contribution is -2.31.